The molecule has 1 amide bonds. The number of carbonyl (C=O) groups is 1. The molecule has 0 fully saturated rings. The molecule has 0 heterocycles. The number of carbonyl (C=O) groups excluding carboxylic acids is 1. The molecule has 3 aromatic rings. The summed E-state index contributed by atoms with van der Waals surface area (Å²) in [6.07, 6.45) is 0. The highest BCUT2D eigenvalue weighted by atomic mass is 16.5. The molecule has 23 heavy (non-hydrogen) atoms. The van der Waals surface area contributed by atoms with Crippen molar-refractivity contribution in [1.82, 2.24) is 0 Å². The monoisotopic (exact) mass is 303 g/mol. The van der Waals surface area contributed by atoms with E-state index in [1.165, 1.54) is 0 Å². The Kier molecular flexibility index (Phi) is 4.39. The third kappa shape index (κ3) is 3.24. The summed E-state index contributed by atoms with van der Waals surface area (Å²) in [7, 11) is 1.56. The molecule has 3 rings (SSSR count). The van der Waals surface area contributed by atoms with Crippen LogP contribution < -0.4 is 10.1 Å². The highest BCUT2D eigenvalue weighted by Gasteiger charge is 2.13. The number of para-hydroxylation sites is 2. The molecule has 0 spiro atoms. The Hall–Kier alpha value is -3.07. The molecule has 0 atom stereocenters. The van der Waals surface area contributed by atoms with Crippen LogP contribution in [-0.2, 0) is 0 Å². The zero-order valence-corrected chi connectivity index (χ0v) is 12.8. The summed E-state index contributed by atoms with van der Waals surface area (Å²) < 4.78 is 5.26. The Bertz CT molecular complexity index is 813. The standard InChI is InChI=1S/C20H17NO2/c1-23-19-14-8-6-12-17(19)20(22)21-18-13-7-5-11-16(18)15-9-3-2-4-10-15/h2-14H,1H3,(H,21,22). The Morgan fingerprint density at radius 3 is 2.26 bits per heavy atom. The average molecular weight is 303 g/mol. The third-order valence-electron chi connectivity index (χ3n) is 3.61. The maximum Gasteiger partial charge on any atom is 0.259 e. The smallest absolute Gasteiger partial charge is 0.259 e. The van der Waals surface area contributed by atoms with E-state index in [4.69, 9.17) is 4.74 Å². The van der Waals surface area contributed by atoms with E-state index in [0.29, 0.717) is 11.3 Å². The van der Waals surface area contributed by atoms with Gasteiger partial charge in [0.25, 0.3) is 5.91 Å². The second-order valence-corrected chi connectivity index (χ2v) is 5.07. The number of nitrogens with one attached hydrogen (secondary N) is 1. The van der Waals surface area contributed by atoms with Gasteiger partial charge in [-0.2, -0.15) is 0 Å². The largest absolute Gasteiger partial charge is 0.496 e. The molecule has 0 radical (unpaired) electrons. The minimum absolute atomic E-state index is 0.189. The topological polar surface area (TPSA) is 38.3 Å². The van der Waals surface area contributed by atoms with Gasteiger partial charge in [-0.25, -0.2) is 0 Å². The molecular weight excluding hydrogens is 286 g/mol. The number of rotatable bonds is 4. The van der Waals surface area contributed by atoms with Crippen LogP contribution in [0.1, 0.15) is 10.4 Å². The van der Waals surface area contributed by atoms with Crippen molar-refractivity contribution >= 4 is 11.6 Å². The van der Waals surface area contributed by atoms with Crippen molar-refractivity contribution in [2.75, 3.05) is 12.4 Å². The van der Waals surface area contributed by atoms with Crippen molar-refractivity contribution in [2.45, 2.75) is 0 Å². The summed E-state index contributed by atoms with van der Waals surface area (Å²) in [5.41, 5.74) is 3.33. The van der Waals surface area contributed by atoms with Crippen LogP contribution in [0.25, 0.3) is 11.1 Å². The van der Waals surface area contributed by atoms with E-state index >= 15 is 0 Å². The summed E-state index contributed by atoms with van der Waals surface area (Å²) in [5.74, 6) is 0.369. The van der Waals surface area contributed by atoms with Crippen LogP contribution in [-0.4, -0.2) is 13.0 Å². The fourth-order valence-corrected chi connectivity index (χ4v) is 2.48. The Labute approximate surface area is 135 Å². The first kappa shape index (κ1) is 14.9. The summed E-state index contributed by atoms with van der Waals surface area (Å²) in [6, 6.07) is 24.9. The van der Waals surface area contributed by atoms with Gasteiger partial charge in [-0.1, -0.05) is 60.7 Å². The van der Waals surface area contributed by atoms with Gasteiger partial charge in [0.2, 0.25) is 0 Å². The number of ether oxygens (including phenoxy) is 1. The van der Waals surface area contributed by atoms with E-state index < -0.39 is 0 Å². The number of anilines is 1. The molecule has 3 heteroatoms. The van der Waals surface area contributed by atoms with Crippen molar-refractivity contribution in [3.63, 3.8) is 0 Å². The molecule has 0 aromatic heterocycles. The maximum atomic E-state index is 12.6. The lowest BCUT2D eigenvalue weighted by molar-refractivity contribution is 0.102. The van der Waals surface area contributed by atoms with Gasteiger partial charge in [0, 0.05) is 11.3 Å². The lowest BCUT2D eigenvalue weighted by Gasteiger charge is -2.13. The molecule has 0 aliphatic carbocycles. The molecule has 0 bridgehead atoms. The quantitative estimate of drug-likeness (QED) is 0.764. The van der Waals surface area contributed by atoms with Gasteiger partial charge in [0.1, 0.15) is 5.75 Å². The summed E-state index contributed by atoms with van der Waals surface area (Å²) in [6.45, 7) is 0. The lowest BCUT2D eigenvalue weighted by Crippen LogP contribution is -2.13. The fourth-order valence-electron chi connectivity index (χ4n) is 2.48. The van der Waals surface area contributed by atoms with Crippen molar-refractivity contribution in [2.24, 2.45) is 0 Å². The maximum absolute atomic E-state index is 12.6. The number of methoxy groups -OCH3 is 1. The molecule has 114 valence electrons. The van der Waals surface area contributed by atoms with Crippen molar-refractivity contribution in [3.8, 4) is 16.9 Å². The van der Waals surface area contributed by atoms with E-state index in [-0.39, 0.29) is 5.91 Å². The Morgan fingerprint density at radius 2 is 1.48 bits per heavy atom. The third-order valence-corrected chi connectivity index (χ3v) is 3.61. The number of hydrogen-bond acceptors (Lipinski definition) is 2. The highest BCUT2D eigenvalue weighted by molar-refractivity contribution is 6.07. The van der Waals surface area contributed by atoms with Crippen LogP contribution in [0.4, 0.5) is 5.69 Å². The molecule has 3 nitrogen and oxygen atoms in total. The zero-order chi connectivity index (χ0) is 16.1. The molecule has 3 aromatic carbocycles. The molecule has 0 aliphatic rings. The molecule has 1 N–H and O–H groups in total. The zero-order valence-electron chi connectivity index (χ0n) is 12.8. The number of amides is 1. The van der Waals surface area contributed by atoms with E-state index in [1.807, 2.05) is 66.7 Å². The highest BCUT2D eigenvalue weighted by Crippen LogP contribution is 2.28. The van der Waals surface area contributed by atoms with Crippen LogP contribution in [0.2, 0.25) is 0 Å². The van der Waals surface area contributed by atoms with E-state index in [1.54, 1.807) is 19.2 Å². The fraction of sp³-hybridized carbons (Fsp3) is 0.0500. The minimum atomic E-state index is -0.189. The second kappa shape index (κ2) is 6.79. The van der Waals surface area contributed by atoms with Crippen LogP contribution >= 0.6 is 0 Å². The Balaban J connectivity index is 1.93. The Morgan fingerprint density at radius 1 is 0.826 bits per heavy atom. The van der Waals surface area contributed by atoms with Gasteiger partial charge in [-0.3, -0.25) is 4.79 Å². The van der Waals surface area contributed by atoms with Crippen LogP contribution in [0.3, 0.4) is 0 Å². The van der Waals surface area contributed by atoms with Crippen molar-refractivity contribution in [3.05, 3.63) is 84.4 Å². The van der Waals surface area contributed by atoms with Gasteiger partial charge in [-0.05, 0) is 23.8 Å². The molecular formula is C20H17NO2. The van der Waals surface area contributed by atoms with Gasteiger partial charge >= 0.3 is 0 Å². The summed E-state index contributed by atoms with van der Waals surface area (Å²) in [5, 5.41) is 2.98. The van der Waals surface area contributed by atoms with Gasteiger partial charge in [0.05, 0.1) is 12.7 Å². The normalized spacial score (nSPS) is 10.1. The van der Waals surface area contributed by atoms with Gasteiger partial charge in [0.15, 0.2) is 0 Å². The molecule has 0 unspecified atom stereocenters. The first-order chi connectivity index (χ1) is 11.3. The van der Waals surface area contributed by atoms with E-state index in [9.17, 15) is 4.79 Å². The van der Waals surface area contributed by atoms with Gasteiger partial charge < -0.3 is 10.1 Å². The average Bonchev–Trinajstić information content (AvgIpc) is 2.63. The first-order valence-corrected chi connectivity index (χ1v) is 7.38. The summed E-state index contributed by atoms with van der Waals surface area (Å²) >= 11 is 0. The van der Waals surface area contributed by atoms with Crippen LogP contribution in [0.5, 0.6) is 5.75 Å². The molecule has 0 saturated carbocycles. The molecule has 0 saturated heterocycles. The minimum Gasteiger partial charge on any atom is -0.496 e. The predicted molar refractivity (Wildman–Crippen MR) is 92.8 cm³/mol. The SMILES string of the molecule is COc1ccccc1C(=O)Nc1ccccc1-c1ccccc1. The molecule has 0 aliphatic heterocycles. The van der Waals surface area contributed by atoms with Crippen molar-refractivity contribution in [1.29, 1.82) is 0 Å². The lowest BCUT2D eigenvalue weighted by atomic mass is 10.0. The van der Waals surface area contributed by atoms with Crippen molar-refractivity contribution < 1.29 is 9.53 Å². The van der Waals surface area contributed by atoms with Gasteiger partial charge in [-0.15, -0.1) is 0 Å². The predicted octanol–water partition coefficient (Wildman–Crippen LogP) is 4.61. The first-order valence-electron chi connectivity index (χ1n) is 7.38. The number of benzene rings is 3. The second-order valence-electron chi connectivity index (χ2n) is 5.07. The van der Waals surface area contributed by atoms with Crippen LogP contribution in [0, 0.1) is 0 Å². The van der Waals surface area contributed by atoms with E-state index in [2.05, 4.69) is 5.32 Å². The number of hydrogen-bond donors (Lipinski definition) is 1. The van der Waals surface area contributed by atoms with E-state index in [0.717, 1.165) is 16.8 Å². The summed E-state index contributed by atoms with van der Waals surface area (Å²) in [4.78, 5) is 12.6. The van der Waals surface area contributed by atoms with Crippen LogP contribution in [0.15, 0.2) is 78.9 Å².